The average molecular weight is 432 g/mol. The van der Waals surface area contributed by atoms with Crippen LogP contribution in [0.5, 0.6) is 0 Å². The van der Waals surface area contributed by atoms with Gasteiger partial charge in [-0.2, -0.15) is 0 Å². The van der Waals surface area contributed by atoms with Crippen molar-refractivity contribution in [1.82, 2.24) is 9.80 Å². The summed E-state index contributed by atoms with van der Waals surface area (Å²) in [5.41, 5.74) is 1.45. The van der Waals surface area contributed by atoms with Crippen LogP contribution in [-0.2, 0) is 14.6 Å². The van der Waals surface area contributed by atoms with Gasteiger partial charge in [0.05, 0.1) is 11.5 Å². The van der Waals surface area contributed by atoms with Gasteiger partial charge in [-0.15, -0.1) is 0 Å². The molecule has 2 aliphatic rings. The first kappa shape index (κ1) is 21.0. The van der Waals surface area contributed by atoms with Crippen LogP contribution in [0.3, 0.4) is 0 Å². The molecule has 4 rings (SSSR count). The molecular formula is C22H26FN3O3S. The minimum atomic E-state index is -2.91. The van der Waals surface area contributed by atoms with Crippen molar-refractivity contribution in [1.29, 1.82) is 0 Å². The topological polar surface area (TPSA) is 69.7 Å². The number of halogens is 1. The predicted octanol–water partition coefficient (Wildman–Crippen LogP) is 2.31. The highest BCUT2D eigenvalue weighted by molar-refractivity contribution is 7.91. The van der Waals surface area contributed by atoms with Crippen LogP contribution in [0.2, 0.25) is 0 Å². The lowest BCUT2D eigenvalue weighted by Gasteiger charge is -2.40. The lowest BCUT2D eigenvalue weighted by atomic mass is 10.0. The van der Waals surface area contributed by atoms with Crippen LogP contribution >= 0.6 is 0 Å². The Balaban J connectivity index is 1.47. The largest absolute Gasteiger partial charge is 0.324 e. The number of nitrogens with zero attached hydrogens (tertiary/aromatic N) is 2. The zero-order chi connectivity index (χ0) is 21.1. The van der Waals surface area contributed by atoms with E-state index < -0.39 is 15.9 Å². The molecule has 0 radical (unpaired) electrons. The van der Waals surface area contributed by atoms with Gasteiger partial charge in [-0.05, 0) is 36.2 Å². The summed E-state index contributed by atoms with van der Waals surface area (Å²) in [4.78, 5) is 17.6. The Bertz CT molecular complexity index is 974. The van der Waals surface area contributed by atoms with E-state index in [4.69, 9.17) is 0 Å². The maximum atomic E-state index is 13.2. The second-order valence-corrected chi connectivity index (χ2v) is 10.2. The molecule has 0 unspecified atom stereocenters. The number of carbonyl (C=O) groups excluding carboxylic acids is 1. The van der Waals surface area contributed by atoms with Gasteiger partial charge in [0.2, 0.25) is 5.91 Å². The van der Waals surface area contributed by atoms with Crippen LogP contribution < -0.4 is 5.32 Å². The van der Waals surface area contributed by atoms with E-state index in [0.717, 1.165) is 18.7 Å². The number of nitrogens with one attached hydrogen (secondary N) is 1. The van der Waals surface area contributed by atoms with Crippen LogP contribution in [0.1, 0.15) is 18.0 Å². The molecule has 0 saturated carbocycles. The highest BCUT2D eigenvalue weighted by Gasteiger charge is 2.36. The fourth-order valence-corrected chi connectivity index (χ4v) is 6.09. The van der Waals surface area contributed by atoms with E-state index in [-0.39, 0.29) is 29.3 Å². The van der Waals surface area contributed by atoms with Crippen LogP contribution in [0.4, 0.5) is 10.1 Å². The molecule has 8 heteroatoms. The van der Waals surface area contributed by atoms with E-state index in [1.807, 2.05) is 30.3 Å². The van der Waals surface area contributed by atoms with E-state index in [1.54, 1.807) is 12.1 Å². The quantitative estimate of drug-likeness (QED) is 0.787. The Labute approximate surface area is 176 Å². The van der Waals surface area contributed by atoms with Gasteiger partial charge in [-0.3, -0.25) is 14.6 Å². The predicted molar refractivity (Wildman–Crippen MR) is 114 cm³/mol. The van der Waals surface area contributed by atoms with E-state index in [0.29, 0.717) is 25.2 Å². The number of rotatable bonds is 5. The van der Waals surface area contributed by atoms with E-state index in [9.17, 15) is 17.6 Å². The van der Waals surface area contributed by atoms with Gasteiger partial charge in [-0.25, -0.2) is 12.8 Å². The third-order valence-corrected chi connectivity index (χ3v) is 7.66. The number of anilines is 1. The maximum absolute atomic E-state index is 13.2. The van der Waals surface area contributed by atoms with Crippen molar-refractivity contribution in [2.75, 3.05) is 43.0 Å². The molecule has 2 aromatic carbocycles. The Kier molecular flexibility index (Phi) is 6.17. The molecule has 30 heavy (non-hydrogen) atoms. The summed E-state index contributed by atoms with van der Waals surface area (Å²) in [6, 6.07) is 15.0. The van der Waals surface area contributed by atoms with Gasteiger partial charge in [0.15, 0.2) is 9.84 Å². The molecule has 0 aliphatic carbocycles. The van der Waals surface area contributed by atoms with E-state index in [2.05, 4.69) is 15.1 Å². The van der Waals surface area contributed by atoms with Gasteiger partial charge in [0.25, 0.3) is 0 Å². The number of benzene rings is 2. The van der Waals surface area contributed by atoms with Crippen molar-refractivity contribution in [3.63, 3.8) is 0 Å². The number of hydrogen-bond acceptors (Lipinski definition) is 5. The van der Waals surface area contributed by atoms with Gasteiger partial charge in [0.1, 0.15) is 11.9 Å². The fourth-order valence-electron chi connectivity index (χ4n) is 4.33. The fraction of sp³-hybridized carbons (Fsp3) is 0.409. The highest BCUT2D eigenvalue weighted by atomic mass is 32.2. The summed E-state index contributed by atoms with van der Waals surface area (Å²) in [5, 5.41) is 2.90. The highest BCUT2D eigenvalue weighted by Crippen LogP contribution is 2.26. The molecule has 1 N–H and O–H groups in total. The van der Waals surface area contributed by atoms with Gasteiger partial charge in [0, 0.05) is 37.9 Å². The van der Waals surface area contributed by atoms with Gasteiger partial charge >= 0.3 is 0 Å². The van der Waals surface area contributed by atoms with Crippen molar-refractivity contribution in [2.45, 2.75) is 18.5 Å². The molecule has 2 heterocycles. The first-order valence-electron chi connectivity index (χ1n) is 10.2. The molecule has 2 aliphatic heterocycles. The molecule has 2 saturated heterocycles. The summed E-state index contributed by atoms with van der Waals surface area (Å²) >= 11 is 0. The molecule has 6 nitrogen and oxygen atoms in total. The molecule has 160 valence electrons. The van der Waals surface area contributed by atoms with Crippen molar-refractivity contribution in [3.8, 4) is 0 Å². The van der Waals surface area contributed by atoms with Gasteiger partial charge in [-0.1, -0.05) is 30.3 Å². The first-order valence-corrected chi connectivity index (χ1v) is 12.0. The van der Waals surface area contributed by atoms with Crippen LogP contribution in [0, 0.1) is 5.82 Å². The van der Waals surface area contributed by atoms with Crippen molar-refractivity contribution in [2.24, 2.45) is 0 Å². The standard InChI is InChI=1S/C22H26FN3O3S/c23-18-6-8-19(9-7-18)24-22(27)21(17-4-2-1-3-5-17)26-13-11-25(12-14-26)20-10-15-30(28,29)16-20/h1-9,20-21H,10-16H2,(H,24,27)/t20-,21-/m1/s1. The lowest BCUT2D eigenvalue weighted by molar-refractivity contribution is -0.122. The van der Waals surface area contributed by atoms with Crippen LogP contribution in [0.25, 0.3) is 0 Å². The van der Waals surface area contributed by atoms with Crippen LogP contribution in [-0.4, -0.2) is 67.9 Å². The Morgan fingerprint density at radius 3 is 2.27 bits per heavy atom. The summed E-state index contributed by atoms with van der Waals surface area (Å²) in [5.74, 6) is -0.00698. The minimum Gasteiger partial charge on any atom is -0.324 e. The maximum Gasteiger partial charge on any atom is 0.246 e. The molecule has 0 spiro atoms. The SMILES string of the molecule is O=C(Nc1ccc(F)cc1)[C@@H](c1ccccc1)N1CCN([C@@H]2CCS(=O)(=O)C2)CC1. The smallest absolute Gasteiger partial charge is 0.246 e. The Morgan fingerprint density at radius 1 is 1.00 bits per heavy atom. The molecule has 2 aromatic rings. The zero-order valence-electron chi connectivity index (χ0n) is 16.7. The van der Waals surface area contributed by atoms with Crippen molar-refractivity contribution >= 4 is 21.4 Å². The number of sulfone groups is 1. The Hall–Kier alpha value is -2.29. The molecule has 0 bridgehead atoms. The summed E-state index contributed by atoms with van der Waals surface area (Å²) in [6.07, 6.45) is 0.690. The first-order chi connectivity index (χ1) is 14.4. The number of hydrogen-bond donors (Lipinski definition) is 1. The molecular weight excluding hydrogens is 405 g/mol. The summed E-state index contributed by atoms with van der Waals surface area (Å²) in [6.45, 7) is 2.81. The van der Waals surface area contributed by atoms with Crippen molar-refractivity contribution in [3.05, 3.63) is 66.0 Å². The zero-order valence-corrected chi connectivity index (χ0v) is 17.5. The summed E-state index contributed by atoms with van der Waals surface area (Å²) < 4.78 is 36.8. The van der Waals surface area contributed by atoms with Gasteiger partial charge < -0.3 is 5.32 Å². The molecule has 2 atom stereocenters. The number of carbonyl (C=O) groups is 1. The van der Waals surface area contributed by atoms with E-state index >= 15 is 0 Å². The molecule has 1 amide bonds. The minimum absolute atomic E-state index is 0.0837. The second-order valence-electron chi connectivity index (χ2n) is 7.94. The lowest BCUT2D eigenvalue weighted by Crippen LogP contribution is -2.53. The summed E-state index contributed by atoms with van der Waals surface area (Å²) in [7, 11) is -2.91. The Morgan fingerprint density at radius 2 is 1.67 bits per heavy atom. The van der Waals surface area contributed by atoms with E-state index in [1.165, 1.54) is 12.1 Å². The molecule has 0 aromatic heterocycles. The van der Waals surface area contributed by atoms with Crippen LogP contribution in [0.15, 0.2) is 54.6 Å². The average Bonchev–Trinajstić information content (AvgIpc) is 3.11. The third kappa shape index (κ3) is 4.88. The second kappa shape index (κ2) is 8.83. The number of amides is 1. The van der Waals surface area contributed by atoms with Crippen molar-refractivity contribution < 1.29 is 17.6 Å². The monoisotopic (exact) mass is 431 g/mol. The number of piperazine rings is 1. The normalized spacial score (nSPS) is 23.2. The third-order valence-electron chi connectivity index (χ3n) is 5.91. The molecule has 2 fully saturated rings.